The minimum absolute atomic E-state index is 0.0690. The molecular weight excluding hydrogens is 467 g/mol. The molecule has 0 fully saturated rings. The van der Waals surface area contributed by atoms with Crippen LogP contribution >= 0.6 is 11.3 Å². The summed E-state index contributed by atoms with van der Waals surface area (Å²) in [4.78, 5) is 24.9. The van der Waals surface area contributed by atoms with Crippen molar-refractivity contribution in [2.45, 2.75) is 16.6 Å². The Balaban J connectivity index is 1.60. The van der Waals surface area contributed by atoms with E-state index in [0.717, 1.165) is 23.4 Å². The molecule has 1 heterocycles. The van der Waals surface area contributed by atoms with Crippen molar-refractivity contribution in [1.82, 2.24) is 10.6 Å². The van der Waals surface area contributed by atoms with E-state index >= 15 is 0 Å². The van der Waals surface area contributed by atoms with Crippen LogP contribution in [0.5, 0.6) is 5.75 Å². The minimum atomic E-state index is -3.93. The maximum absolute atomic E-state index is 13.2. The number of rotatable bonds is 9. The lowest BCUT2D eigenvalue weighted by Crippen LogP contribution is -2.42. The summed E-state index contributed by atoms with van der Waals surface area (Å²) in [5, 5.41) is 5.54. The van der Waals surface area contributed by atoms with Crippen molar-refractivity contribution in [2.75, 3.05) is 20.2 Å². The average Bonchev–Trinajstić information content (AvgIpc) is 3.34. The van der Waals surface area contributed by atoms with E-state index in [2.05, 4.69) is 10.6 Å². The number of sulfone groups is 1. The molecule has 2 N–H and O–H groups in total. The van der Waals surface area contributed by atoms with Crippen molar-refractivity contribution >= 4 is 33.0 Å². The van der Waals surface area contributed by atoms with Gasteiger partial charge in [-0.05, 0) is 59.8 Å². The van der Waals surface area contributed by atoms with Crippen molar-refractivity contribution in [3.63, 3.8) is 0 Å². The van der Waals surface area contributed by atoms with Gasteiger partial charge in [0, 0.05) is 18.0 Å². The Labute approximate surface area is 195 Å². The molecule has 0 aliphatic rings. The van der Waals surface area contributed by atoms with E-state index < -0.39 is 32.7 Å². The van der Waals surface area contributed by atoms with E-state index in [1.54, 1.807) is 36.8 Å². The van der Waals surface area contributed by atoms with Crippen LogP contribution in [0.4, 0.5) is 4.39 Å². The molecule has 10 heteroatoms. The van der Waals surface area contributed by atoms with Crippen LogP contribution in [0.2, 0.25) is 0 Å². The first kappa shape index (κ1) is 24.4. The summed E-state index contributed by atoms with van der Waals surface area (Å²) < 4.78 is 44.6. The second kappa shape index (κ2) is 11.1. The molecule has 0 aliphatic carbocycles. The lowest BCUT2D eigenvalue weighted by molar-refractivity contribution is -0.139. The highest BCUT2D eigenvalue weighted by atomic mass is 32.2. The van der Waals surface area contributed by atoms with Crippen LogP contribution in [0.25, 0.3) is 0 Å². The number of carbonyl (C=O) groups excluding carboxylic acids is 2. The van der Waals surface area contributed by atoms with Crippen molar-refractivity contribution in [3.05, 3.63) is 82.3 Å². The molecular formula is C23H23FN2O5S2. The molecule has 7 nitrogen and oxygen atoms in total. The van der Waals surface area contributed by atoms with Gasteiger partial charge in [0.1, 0.15) is 16.8 Å². The van der Waals surface area contributed by atoms with Crippen molar-refractivity contribution in [3.8, 4) is 5.75 Å². The first-order valence-electron chi connectivity index (χ1n) is 10.0. The molecule has 0 radical (unpaired) electrons. The molecule has 0 spiro atoms. The second-order valence-corrected chi connectivity index (χ2v) is 10.2. The number of halogens is 1. The first-order valence-corrected chi connectivity index (χ1v) is 12.5. The summed E-state index contributed by atoms with van der Waals surface area (Å²) in [5.74, 6) is -1.62. The van der Waals surface area contributed by atoms with E-state index in [4.69, 9.17) is 4.74 Å². The van der Waals surface area contributed by atoms with Gasteiger partial charge < -0.3 is 15.4 Å². The zero-order valence-corrected chi connectivity index (χ0v) is 19.4. The van der Waals surface area contributed by atoms with Crippen LogP contribution < -0.4 is 15.4 Å². The number of ether oxygens (including phenoxy) is 1. The van der Waals surface area contributed by atoms with E-state index in [0.29, 0.717) is 11.3 Å². The highest BCUT2D eigenvalue weighted by Crippen LogP contribution is 2.31. The quantitative estimate of drug-likeness (QED) is 0.355. The number of hydrogen-bond acceptors (Lipinski definition) is 6. The predicted octanol–water partition coefficient (Wildman–Crippen LogP) is 2.89. The molecule has 1 aromatic heterocycles. The molecule has 3 aromatic rings. The summed E-state index contributed by atoms with van der Waals surface area (Å²) in [6.45, 7) is -0.0637. The third kappa shape index (κ3) is 6.39. The van der Waals surface area contributed by atoms with Gasteiger partial charge in [-0.15, -0.1) is 11.3 Å². The van der Waals surface area contributed by atoms with E-state index in [1.165, 1.54) is 23.5 Å². The number of nitrogens with one attached hydrogen (secondary N) is 2. The number of amides is 2. The molecule has 33 heavy (non-hydrogen) atoms. The van der Waals surface area contributed by atoms with Crippen LogP contribution in [-0.4, -0.2) is 40.4 Å². The van der Waals surface area contributed by atoms with E-state index in [9.17, 15) is 22.4 Å². The predicted molar refractivity (Wildman–Crippen MR) is 123 cm³/mol. The number of carbonyl (C=O) groups is 2. The van der Waals surface area contributed by atoms with Crippen molar-refractivity contribution in [1.29, 1.82) is 0 Å². The Hall–Kier alpha value is -3.24. The molecule has 0 bridgehead atoms. The third-order valence-electron chi connectivity index (χ3n) is 4.89. The Morgan fingerprint density at radius 2 is 1.67 bits per heavy atom. The zero-order chi connectivity index (χ0) is 23.8. The van der Waals surface area contributed by atoms with Crippen molar-refractivity contribution in [2.24, 2.45) is 0 Å². The monoisotopic (exact) mass is 490 g/mol. The van der Waals surface area contributed by atoms with Gasteiger partial charge in [0.15, 0.2) is 9.84 Å². The fourth-order valence-corrected chi connectivity index (χ4v) is 5.87. The van der Waals surface area contributed by atoms with Crippen molar-refractivity contribution < 1.29 is 27.1 Å². The maximum atomic E-state index is 13.2. The molecule has 1 atom stereocenters. The van der Waals surface area contributed by atoms with Crippen LogP contribution in [0.15, 0.2) is 70.9 Å². The van der Waals surface area contributed by atoms with Crippen LogP contribution in [0.1, 0.15) is 15.7 Å². The van der Waals surface area contributed by atoms with Gasteiger partial charge in [-0.3, -0.25) is 9.59 Å². The summed E-state index contributed by atoms with van der Waals surface area (Å²) in [6.07, 6.45) is 0.514. The molecule has 174 valence electrons. The lowest BCUT2D eigenvalue weighted by atomic mass is 10.1. The summed E-state index contributed by atoms with van der Waals surface area (Å²) in [6, 6.07) is 15.1. The maximum Gasteiger partial charge on any atom is 0.309 e. The summed E-state index contributed by atoms with van der Waals surface area (Å²) >= 11 is 1.22. The Kier molecular flexibility index (Phi) is 8.18. The topological polar surface area (TPSA) is 102 Å². The van der Waals surface area contributed by atoms with Gasteiger partial charge in [-0.25, -0.2) is 12.8 Å². The third-order valence-corrected chi connectivity index (χ3v) is 8.12. The largest absolute Gasteiger partial charge is 0.497 e. The van der Waals surface area contributed by atoms with Crippen LogP contribution in [-0.2, 0) is 25.8 Å². The van der Waals surface area contributed by atoms with Gasteiger partial charge in [-0.2, -0.15) is 0 Å². The fourth-order valence-electron chi connectivity index (χ4n) is 3.08. The van der Waals surface area contributed by atoms with Gasteiger partial charge in [-0.1, -0.05) is 18.2 Å². The van der Waals surface area contributed by atoms with Gasteiger partial charge in [0.25, 0.3) is 0 Å². The molecule has 0 aliphatic heterocycles. The van der Waals surface area contributed by atoms with E-state index in [1.807, 2.05) is 12.1 Å². The Morgan fingerprint density at radius 3 is 2.27 bits per heavy atom. The smallest absolute Gasteiger partial charge is 0.309 e. The SMILES string of the molecule is COc1ccc(CCNC(=O)C(=O)NC[C@@H](c2cccs2)S(=O)(=O)c2ccc(F)cc2)cc1. The lowest BCUT2D eigenvalue weighted by Gasteiger charge is -2.17. The normalized spacial score (nSPS) is 12.1. The molecule has 0 saturated carbocycles. The van der Waals surface area contributed by atoms with Gasteiger partial charge in [0.05, 0.1) is 12.0 Å². The van der Waals surface area contributed by atoms with Gasteiger partial charge >= 0.3 is 11.8 Å². The number of methoxy groups -OCH3 is 1. The van der Waals surface area contributed by atoms with E-state index in [-0.39, 0.29) is 18.0 Å². The minimum Gasteiger partial charge on any atom is -0.497 e. The first-order chi connectivity index (χ1) is 15.8. The molecule has 0 unspecified atom stereocenters. The molecule has 3 rings (SSSR count). The summed E-state index contributed by atoms with van der Waals surface area (Å²) in [7, 11) is -2.36. The second-order valence-electron chi connectivity index (χ2n) is 7.07. The van der Waals surface area contributed by atoms with Crippen LogP contribution in [0, 0.1) is 5.82 Å². The zero-order valence-electron chi connectivity index (χ0n) is 17.8. The Morgan fingerprint density at radius 1 is 1.00 bits per heavy atom. The fraction of sp³-hybridized carbons (Fsp3) is 0.217. The Bertz CT molecular complexity index is 1180. The summed E-state index contributed by atoms with van der Waals surface area (Å²) in [5.41, 5.74) is 0.958. The highest BCUT2D eigenvalue weighted by Gasteiger charge is 2.31. The highest BCUT2D eigenvalue weighted by molar-refractivity contribution is 7.91. The number of hydrogen-bond donors (Lipinski definition) is 2. The molecule has 2 aromatic carbocycles. The number of benzene rings is 2. The standard InChI is InChI=1S/C23H23FN2O5S2/c1-31-18-8-4-16(5-9-18)12-13-25-22(27)23(28)26-15-21(20-3-2-14-32-20)33(29,30)19-10-6-17(24)7-11-19/h2-11,14,21H,12-13,15H2,1H3,(H,25,27)(H,26,28)/t21-/m0/s1. The molecule has 2 amide bonds. The average molecular weight is 491 g/mol. The van der Waals surface area contributed by atoms with Crippen LogP contribution in [0.3, 0.4) is 0 Å². The van der Waals surface area contributed by atoms with Gasteiger partial charge in [0.2, 0.25) is 0 Å². The number of thiophene rings is 1. The molecule has 0 saturated heterocycles.